The van der Waals surface area contributed by atoms with Gasteiger partial charge in [-0.05, 0) is 18.2 Å². The van der Waals surface area contributed by atoms with Crippen molar-refractivity contribution in [2.45, 2.75) is 31.3 Å². The number of hydrogen-bond donors (Lipinski definition) is 0. The molecule has 0 N–H and O–H groups in total. The summed E-state index contributed by atoms with van der Waals surface area (Å²) in [5.41, 5.74) is 1.19. The minimum absolute atomic E-state index is 0.200. The van der Waals surface area contributed by atoms with Crippen LogP contribution in [0.5, 0.6) is 0 Å². The van der Waals surface area contributed by atoms with Crippen molar-refractivity contribution in [3.8, 4) is 6.07 Å². The predicted octanol–water partition coefficient (Wildman–Crippen LogP) is 1.66. The predicted molar refractivity (Wildman–Crippen MR) is 105 cm³/mol. The summed E-state index contributed by atoms with van der Waals surface area (Å²) < 4.78 is 33.1. The molecule has 4 heterocycles. The van der Waals surface area contributed by atoms with Gasteiger partial charge in [-0.15, -0.1) is 5.10 Å². The Morgan fingerprint density at radius 1 is 1.26 bits per heavy atom. The van der Waals surface area contributed by atoms with E-state index in [0.717, 1.165) is 0 Å². The summed E-state index contributed by atoms with van der Waals surface area (Å²) in [7, 11) is 0. The van der Waals surface area contributed by atoms with Crippen LogP contribution in [0.4, 0.5) is 20.6 Å². The Balaban J connectivity index is 1.25. The average molecular weight is 428 g/mol. The lowest BCUT2D eigenvalue weighted by atomic mass is 10.0. The van der Waals surface area contributed by atoms with Crippen LogP contribution in [-0.2, 0) is 20.8 Å². The Kier molecular flexibility index (Phi) is 4.95. The number of hydrogen-bond acceptors (Lipinski definition) is 8. The smallest absolute Gasteiger partial charge is 0.414 e. The lowest BCUT2D eigenvalue weighted by Gasteiger charge is -2.38. The van der Waals surface area contributed by atoms with E-state index in [1.807, 2.05) is 11.0 Å². The molecule has 5 rings (SSSR count). The summed E-state index contributed by atoms with van der Waals surface area (Å²) in [5, 5.41) is 16.6. The monoisotopic (exact) mass is 428 g/mol. The number of piperidine rings is 1. The molecule has 3 fully saturated rings. The molecule has 0 saturated carbocycles. The van der Waals surface area contributed by atoms with E-state index in [1.54, 1.807) is 12.1 Å². The Morgan fingerprint density at radius 2 is 2.03 bits per heavy atom. The van der Waals surface area contributed by atoms with Crippen molar-refractivity contribution < 1.29 is 23.4 Å². The summed E-state index contributed by atoms with van der Waals surface area (Å²) in [5.74, 6) is -0.919. The average Bonchev–Trinajstić information content (AvgIpc) is 3.50. The molecule has 1 aromatic carbocycles. The van der Waals surface area contributed by atoms with Gasteiger partial charge in [0.2, 0.25) is 0 Å². The van der Waals surface area contributed by atoms with Crippen LogP contribution in [0.15, 0.2) is 24.4 Å². The lowest BCUT2D eigenvalue weighted by molar-refractivity contribution is -0.169. The van der Waals surface area contributed by atoms with Gasteiger partial charge in [-0.1, -0.05) is 5.21 Å². The Morgan fingerprint density at radius 3 is 2.74 bits per heavy atom. The lowest BCUT2D eigenvalue weighted by Crippen LogP contribution is -2.45. The van der Waals surface area contributed by atoms with E-state index >= 15 is 0 Å². The Bertz CT molecular complexity index is 1020. The standard InChI is InChI=1S/C20H21FN6O4/c21-17-9-14(1-2-18(17)25-5-3-20(4-6-25)29-7-8-30-20)26-12-16(31-19(26)28)13-27-15(10-22)11-23-24-27/h1-2,9,11,16H,3-8,12-13H2/t16-/m1/s1. The van der Waals surface area contributed by atoms with Crippen molar-refractivity contribution in [3.05, 3.63) is 35.9 Å². The van der Waals surface area contributed by atoms with Gasteiger partial charge < -0.3 is 19.1 Å². The Labute approximate surface area is 177 Å². The van der Waals surface area contributed by atoms with E-state index in [0.29, 0.717) is 50.5 Å². The van der Waals surface area contributed by atoms with Gasteiger partial charge in [0.05, 0.1) is 43.9 Å². The number of ether oxygens (including phenoxy) is 3. The zero-order chi connectivity index (χ0) is 21.4. The number of amides is 1. The molecule has 1 aromatic heterocycles. The van der Waals surface area contributed by atoms with Crippen LogP contribution in [0, 0.1) is 17.1 Å². The number of cyclic esters (lactones) is 1. The second kappa shape index (κ2) is 7.79. The van der Waals surface area contributed by atoms with E-state index in [-0.39, 0.29) is 18.8 Å². The third kappa shape index (κ3) is 3.68. The molecule has 1 spiro atoms. The normalized spacial score (nSPS) is 22.7. The van der Waals surface area contributed by atoms with Crippen LogP contribution >= 0.6 is 0 Å². The van der Waals surface area contributed by atoms with E-state index < -0.39 is 23.8 Å². The molecule has 3 saturated heterocycles. The first-order chi connectivity index (χ1) is 15.1. The van der Waals surface area contributed by atoms with Gasteiger partial charge in [0.1, 0.15) is 18.0 Å². The minimum atomic E-state index is -0.564. The van der Waals surface area contributed by atoms with Gasteiger partial charge in [0.15, 0.2) is 11.5 Å². The zero-order valence-corrected chi connectivity index (χ0v) is 16.7. The minimum Gasteiger partial charge on any atom is -0.442 e. The molecular weight excluding hydrogens is 407 g/mol. The van der Waals surface area contributed by atoms with Crippen LogP contribution in [0.25, 0.3) is 0 Å². The van der Waals surface area contributed by atoms with Crippen LogP contribution in [-0.4, -0.2) is 65.8 Å². The summed E-state index contributed by atoms with van der Waals surface area (Å²) in [4.78, 5) is 15.7. The molecule has 0 aliphatic carbocycles. The van der Waals surface area contributed by atoms with Crippen molar-refractivity contribution in [1.82, 2.24) is 15.0 Å². The third-order valence-corrected chi connectivity index (χ3v) is 5.91. The van der Waals surface area contributed by atoms with E-state index in [4.69, 9.17) is 19.5 Å². The molecule has 2 aromatic rings. The summed E-state index contributed by atoms with van der Waals surface area (Å²) in [6.45, 7) is 2.89. The number of carbonyl (C=O) groups is 1. The number of rotatable bonds is 4. The van der Waals surface area contributed by atoms with E-state index in [1.165, 1.54) is 21.8 Å². The Hall–Kier alpha value is -3.23. The molecule has 0 unspecified atom stereocenters. The fourth-order valence-corrected chi connectivity index (χ4v) is 4.29. The van der Waals surface area contributed by atoms with Crippen LogP contribution < -0.4 is 9.80 Å². The molecule has 162 valence electrons. The third-order valence-electron chi connectivity index (χ3n) is 5.91. The molecule has 1 atom stereocenters. The fourth-order valence-electron chi connectivity index (χ4n) is 4.29. The number of anilines is 2. The number of aromatic nitrogens is 3. The van der Waals surface area contributed by atoms with Gasteiger partial charge >= 0.3 is 6.09 Å². The topological polar surface area (TPSA) is 106 Å². The summed E-state index contributed by atoms with van der Waals surface area (Å²) in [6, 6.07) is 6.73. The first-order valence-corrected chi connectivity index (χ1v) is 10.2. The molecule has 31 heavy (non-hydrogen) atoms. The van der Waals surface area contributed by atoms with Crippen molar-refractivity contribution in [1.29, 1.82) is 5.26 Å². The molecule has 0 radical (unpaired) electrons. The van der Waals surface area contributed by atoms with Crippen molar-refractivity contribution >= 4 is 17.5 Å². The highest BCUT2D eigenvalue weighted by atomic mass is 19.1. The zero-order valence-electron chi connectivity index (χ0n) is 16.7. The molecular formula is C20H21FN6O4. The number of carbonyl (C=O) groups excluding carboxylic acids is 1. The van der Waals surface area contributed by atoms with Crippen molar-refractivity contribution in [2.75, 3.05) is 42.6 Å². The molecule has 10 nitrogen and oxygen atoms in total. The van der Waals surface area contributed by atoms with Crippen LogP contribution in [0.3, 0.4) is 0 Å². The quantitative estimate of drug-likeness (QED) is 0.724. The van der Waals surface area contributed by atoms with Crippen molar-refractivity contribution in [3.63, 3.8) is 0 Å². The first kappa shape index (κ1) is 19.7. The van der Waals surface area contributed by atoms with Gasteiger partial charge in [-0.3, -0.25) is 4.90 Å². The summed E-state index contributed by atoms with van der Waals surface area (Å²) >= 11 is 0. The number of nitrogens with zero attached hydrogens (tertiary/aromatic N) is 6. The molecule has 3 aliphatic rings. The van der Waals surface area contributed by atoms with E-state index in [9.17, 15) is 9.18 Å². The second-order valence-corrected chi connectivity index (χ2v) is 7.76. The maximum Gasteiger partial charge on any atom is 0.414 e. The number of benzene rings is 1. The fraction of sp³-hybridized carbons (Fsp3) is 0.500. The molecule has 1 amide bonds. The van der Waals surface area contributed by atoms with Crippen LogP contribution in [0.1, 0.15) is 18.5 Å². The highest BCUT2D eigenvalue weighted by Gasteiger charge is 2.40. The van der Waals surface area contributed by atoms with Crippen molar-refractivity contribution in [2.24, 2.45) is 0 Å². The van der Waals surface area contributed by atoms with Gasteiger partial charge in [0.25, 0.3) is 0 Å². The van der Waals surface area contributed by atoms with E-state index in [2.05, 4.69) is 10.3 Å². The first-order valence-electron chi connectivity index (χ1n) is 10.2. The maximum absolute atomic E-state index is 14.9. The highest BCUT2D eigenvalue weighted by Crippen LogP contribution is 2.35. The largest absolute Gasteiger partial charge is 0.442 e. The molecule has 0 bridgehead atoms. The number of halogens is 1. The maximum atomic E-state index is 14.9. The number of nitriles is 1. The summed E-state index contributed by atoms with van der Waals surface area (Å²) in [6.07, 6.45) is 1.62. The second-order valence-electron chi connectivity index (χ2n) is 7.76. The molecule has 3 aliphatic heterocycles. The van der Waals surface area contributed by atoms with Crippen LogP contribution in [0.2, 0.25) is 0 Å². The molecule has 11 heteroatoms. The van der Waals surface area contributed by atoms with Gasteiger partial charge in [0, 0.05) is 25.9 Å². The van der Waals surface area contributed by atoms with Gasteiger partial charge in [-0.25, -0.2) is 13.9 Å². The SMILES string of the molecule is N#Cc1cnnn1C[C@H]1CN(c2ccc(N3CCC4(CC3)OCCO4)c(F)c2)C(=O)O1. The highest BCUT2D eigenvalue weighted by molar-refractivity contribution is 5.90. The van der Waals surface area contributed by atoms with Gasteiger partial charge in [-0.2, -0.15) is 5.26 Å².